The van der Waals surface area contributed by atoms with E-state index < -0.39 is 42.3 Å². The monoisotopic (exact) mass is 388 g/mol. The van der Waals surface area contributed by atoms with E-state index in [9.17, 15) is 35.4 Å². The summed E-state index contributed by atoms with van der Waals surface area (Å²) in [5.41, 5.74) is 0.595. The second-order valence-corrected chi connectivity index (χ2v) is 6.40. The van der Waals surface area contributed by atoms with Crippen LogP contribution < -0.4 is 29.6 Å². The Morgan fingerprint density at radius 3 is 2.11 bits per heavy atom. The van der Waals surface area contributed by atoms with E-state index in [4.69, 9.17) is 4.74 Å². The average molecular weight is 388 g/mol. The fourth-order valence-corrected chi connectivity index (χ4v) is 3.18. The molecule has 2 unspecified atom stereocenters. The van der Waals surface area contributed by atoms with E-state index in [1.165, 1.54) is 0 Å². The molecule has 1 saturated carbocycles. The molecule has 1 fully saturated rings. The van der Waals surface area contributed by atoms with Gasteiger partial charge in [0.25, 0.3) is 5.79 Å². The van der Waals surface area contributed by atoms with Gasteiger partial charge < -0.3 is 36.8 Å². The number of rotatable bonds is 3. The molecule has 2 aromatic rings. The Morgan fingerprint density at radius 1 is 0.926 bits per heavy atom. The van der Waals surface area contributed by atoms with Crippen LogP contribution in [0.4, 0.5) is 0 Å². The number of aliphatic hydroxyl groups is 6. The molecular formula is C18H21NaO8. The van der Waals surface area contributed by atoms with E-state index >= 15 is 0 Å². The minimum Gasteiger partial charge on any atom is -1.00 e. The molecule has 0 amide bonds. The van der Waals surface area contributed by atoms with Crippen LogP contribution in [0.15, 0.2) is 42.5 Å². The van der Waals surface area contributed by atoms with Crippen molar-refractivity contribution in [2.75, 3.05) is 0 Å². The molecule has 1 aliphatic rings. The van der Waals surface area contributed by atoms with Crippen LogP contribution in [-0.4, -0.2) is 72.9 Å². The number of esters is 1. The molecule has 2 aromatic carbocycles. The standard InChI is InChI=1S/C18H20O8.Na.H/c19-12(8-10-6-3-5-9-4-1-2-7-11(9)10)26-18(25)16(23)14(21)13(20)15(22)17(18)24;;/h1-7,13-17,20-25H,8H2;;/q;+1;-1/t13?,14-,15+,16-,17-,18?;;/m1../s1. The summed E-state index contributed by atoms with van der Waals surface area (Å²) in [6, 6.07) is 12.6. The van der Waals surface area contributed by atoms with Gasteiger partial charge in [0.05, 0.1) is 6.42 Å². The maximum Gasteiger partial charge on any atom is 1.00 e. The number of hydrogen-bond acceptors (Lipinski definition) is 8. The van der Waals surface area contributed by atoms with Gasteiger partial charge >= 0.3 is 35.5 Å². The van der Waals surface area contributed by atoms with Gasteiger partial charge in [0.15, 0.2) is 12.2 Å². The first-order valence-corrected chi connectivity index (χ1v) is 8.07. The molecule has 0 spiro atoms. The van der Waals surface area contributed by atoms with Crippen LogP contribution in [0.1, 0.15) is 6.99 Å². The quantitative estimate of drug-likeness (QED) is 0.175. The molecule has 142 valence electrons. The zero-order valence-corrected chi connectivity index (χ0v) is 16.6. The van der Waals surface area contributed by atoms with E-state index in [1.807, 2.05) is 18.2 Å². The van der Waals surface area contributed by atoms with E-state index in [0.717, 1.165) is 10.8 Å². The largest absolute Gasteiger partial charge is 1.00 e. The summed E-state index contributed by atoms with van der Waals surface area (Å²) in [4.78, 5) is 12.3. The van der Waals surface area contributed by atoms with Crippen molar-refractivity contribution in [3.05, 3.63) is 48.0 Å². The third-order valence-corrected chi connectivity index (χ3v) is 4.69. The van der Waals surface area contributed by atoms with E-state index in [0.29, 0.717) is 5.56 Å². The Hall–Kier alpha value is -1.07. The summed E-state index contributed by atoms with van der Waals surface area (Å²) >= 11 is 0. The van der Waals surface area contributed by atoms with Gasteiger partial charge in [-0.05, 0) is 16.3 Å². The molecular weight excluding hydrogens is 367 g/mol. The second-order valence-electron chi connectivity index (χ2n) is 6.40. The Bertz CT molecular complexity index is 798. The number of fused-ring (bicyclic) bond motifs is 1. The molecule has 9 heteroatoms. The smallest absolute Gasteiger partial charge is 1.00 e. The van der Waals surface area contributed by atoms with Crippen molar-refractivity contribution in [3.8, 4) is 0 Å². The first-order chi connectivity index (χ1) is 12.3. The van der Waals surface area contributed by atoms with E-state index in [1.54, 1.807) is 24.3 Å². The molecule has 0 saturated heterocycles. The predicted octanol–water partition coefficient (Wildman–Crippen LogP) is -4.45. The maximum atomic E-state index is 12.3. The van der Waals surface area contributed by atoms with Gasteiger partial charge in [0.2, 0.25) is 0 Å². The number of carbonyl (C=O) groups is 1. The maximum absolute atomic E-state index is 12.3. The molecule has 0 bridgehead atoms. The molecule has 0 heterocycles. The summed E-state index contributed by atoms with van der Waals surface area (Å²) in [5.74, 6) is -3.95. The van der Waals surface area contributed by atoms with Crippen molar-refractivity contribution in [3.63, 3.8) is 0 Å². The van der Waals surface area contributed by atoms with Crippen molar-refractivity contribution in [2.24, 2.45) is 0 Å². The number of ether oxygens (including phenoxy) is 1. The Balaban J connectivity index is 0.00000196. The third-order valence-electron chi connectivity index (χ3n) is 4.69. The van der Waals surface area contributed by atoms with Gasteiger partial charge in [0.1, 0.15) is 18.3 Å². The summed E-state index contributed by atoms with van der Waals surface area (Å²) in [7, 11) is 0. The molecule has 1 aliphatic carbocycles. The van der Waals surface area contributed by atoms with Gasteiger partial charge in [-0.3, -0.25) is 4.79 Å². The predicted molar refractivity (Wildman–Crippen MR) is 89.8 cm³/mol. The van der Waals surface area contributed by atoms with Crippen LogP contribution in [0.5, 0.6) is 0 Å². The van der Waals surface area contributed by atoms with Crippen LogP contribution in [-0.2, 0) is 16.0 Å². The molecule has 0 radical (unpaired) electrons. The van der Waals surface area contributed by atoms with Gasteiger partial charge in [-0.15, -0.1) is 0 Å². The van der Waals surface area contributed by atoms with Gasteiger partial charge in [-0.1, -0.05) is 42.5 Å². The molecule has 0 aromatic heterocycles. The van der Waals surface area contributed by atoms with Gasteiger partial charge in [-0.2, -0.15) is 0 Å². The van der Waals surface area contributed by atoms with Crippen LogP contribution in [0.3, 0.4) is 0 Å². The van der Waals surface area contributed by atoms with Crippen LogP contribution >= 0.6 is 0 Å². The van der Waals surface area contributed by atoms with Crippen LogP contribution in [0, 0.1) is 0 Å². The number of hydrogen-bond donors (Lipinski definition) is 6. The Morgan fingerprint density at radius 2 is 1.48 bits per heavy atom. The number of benzene rings is 2. The molecule has 8 nitrogen and oxygen atoms in total. The summed E-state index contributed by atoms with van der Waals surface area (Å²) in [6.07, 6.45) is -10.6. The molecule has 3 rings (SSSR count). The van der Waals surface area contributed by atoms with Crippen molar-refractivity contribution >= 4 is 16.7 Å². The Labute approximate surface area is 178 Å². The zero-order valence-electron chi connectivity index (χ0n) is 15.6. The van der Waals surface area contributed by atoms with Crippen molar-refractivity contribution in [2.45, 2.75) is 42.7 Å². The van der Waals surface area contributed by atoms with Gasteiger partial charge in [-0.25, -0.2) is 0 Å². The summed E-state index contributed by atoms with van der Waals surface area (Å²) < 4.78 is 4.83. The molecule has 27 heavy (non-hydrogen) atoms. The topological polar surface area (TPSA) is 148 Å². The molecule has 6 N–H and O–H groups in total. The fraction of sp³-hybridized carbons (Fsp3) is 0.389. The zero-order chi connectivity index (χ0) is 19.1. The summed E-state index contributed by atoms with van der Waals surface area (Å²) in [6.45, 7) is 0. The van der Waals surface area contributed by atoms with E-state index in [-0.39, 0.29) is 37.4 Å². The summed E-state index contributed by atoms with van der Waals surface area (Å²) in [5, 5.41) is 60.8. The second kappa shape index (κ2) is 8.52. The van der Waals surface area contributed by atoms with Crippen molar-refractivity contribution in [1.82, 2.24) is 0 Å². The minimum absolute atomic E-state index is 0. The normalized spacial score (nSPS) is 33.3. The van der Waals surface area contributed by atoms with Crippen molar-refractivity contribution in [1.29, 1.82) is 0 Å². The minimum atomic E-state index is -2.96. The van der Waals surface area contributed by atoms with Gasteiger partial charge in [0, 0.05) is 0 Å². The van der Waals surface area contributed by atoms with E-state index in [2.05, 4.69) is 0 Å². The Kier molecular flexibility index (Phi) is 7.01. The number of carbonyl (C=O) groups excluding carboxylic acids is 1. The molecule has 0 aliphatic heterocycles. The fourth-order valence-electron chi connectivity index (χ4n) is 3.18. The van der Waals surface area contributed by atoms with Crippen LogP contribution in [0.25, 0.3) is 10.8 Å². The number of aliphatic hydroxyl groups excluding tert-OH is 5. The van der Waals surface area contributed by atoms with Crippen molar-refractivity contribution < 1.29 is 71.2 Å². The average Bonchev–Trinajstić information content (AvgIpc) is 2.64. The third kappa shape index (κ3) is 4.04. The SMILES string of the molecule is O=C(Cc1cccc2ccccc12)OC1(O)[C@H](O)[C@H](O)C(O)[C@H](O)[C@H]1O.[H-].[Na+]. The first-order valence-electron chi connectivity index (χ1n) is 8.07. The molecule has 6 atom stereocenters. The first kappa shape index (κ1) is 22.2. The van der Waals surface area contributed by atoms with Crippen LogP contribution in [0.2, 0.25) is 0 Å².